The number of nitrogens with one attached hydrogen (secondary N) is 2. The van der Waals surface area contributed by atoms with Gasteiger partial charge in [-0.15, -0.1) is 0 Å². The lowest BCUT2D eigenvalue weighted by molar-refractivity contribution is 0.0945. The number of rotatable bonds is 4. The second-order valence-corrected chi connectivity index (χ2v) is 6.52. The number of hydrogen-bond donors (Lipinski definition) is 2. The smallest absolute Gasteiger partial charge is 0.268 e. The van der Waals surface area contributed by atoms with Crippen molar-refractivity contribution in [1.82, 2.24) is 20.1 Å². The van der Waals surface area contributed by atoms with E-state index in [-0.39, 0.29) is 11.7 Å². The van der Waals surface area contributed by atoms with Crippen LogP contribution in [0.5, 0.6) is 0 Å². The number of benzene rings is 1. The Kier molecular flexibility index (Phi) is 4.16. The Balaban J connectivity index is 1.55. The highest BCUT2D eigenvalue weighted by atomic mass is 16.2. The summed E-state index contributed by atoms with van der Waals surface area (Å²) in [5, 5.41) is 7.22. The zero-order chi connectivity index (χ0) is 18.1. The number of H-pyrrole nitrogens is 1. The molecule has 0 aliphatic heterocycles. The average molecular weight is 348 g/mol. The van der Waals surface area contributed by atoms with Crippen molar-refractivity contribution in [3.05, 3.63) is 70.8 Å². The van der Waals surface area contributed by atoms with E-state index in [1.54, 1.807) is 10.9 Å². The number of amides is 1. The van der Waals surface area contributed by atoms with E-state index in [4.69, 9.17) is 0 Å². The summed E-state index contributed by atoms with van der Waals surface area (Å²) in [6.07, 6.45) is 5.81. The maximum atomic E-state index is 12.7. The van der Waals surface area contributed by atoms with E-state index in [1.165, 1.54) is 0 Å². The van der Waals surface area contributed by atoms with Gasteiger partial charge in [-0.25, -0.2) is 4.68 Å². The van der Waals surface area contributed by atoms with Gasteiger partial charge in [0.05, 0.1) is 5.69 Å². The number of carbonyl (C=O) groups excluding carboxylic acids is 2. The first-order valence-corrected chi connectivity index (χ1v) is 8.76. The third-order valence-electron chi connectivity index (χ3n) is 4.85. The second kappa shape index (κ2) is 6.63. The van der Waals surface area contributed by atoms with Crippen LogP contribution in [0.15, 0.2) is 42.7 Å². The third kappa shape index (κ3) is 2.83. The Morgan fingerprint density at radius 2 is 2.12 bits per heavy atom. The summed E-state index contributed by atoms with van der Waals surface area (Å²) in [5.74, 6) is -0.0666. The molecule has 2 aromatic heterocycles. The molecule has 1 aliphatic rings. The van der Waals surface area contributed by atoms with Crippen LogP contribution in [-0.4, -0.2) is 26.5 Å². The fourth-order valence-corrected chi connectivity index (χ4v) is 3.56. The van der Waals surface area contributed by atoms with E-state index in [0.29, 0.717) is 24.2 Å². The fraction of sp³-hybridized carbons (Fsp3) is 0.250. The van der Waals surface area contributed by atoms with Gasteiger partial charge in [0.25, 0.3) is 5.91 Å². The number of aromatic nitrogens is 3. The number of nitrogens with zero attached hydrogens (tertiary/aromatic N) is 2. The summed E-state index contributed by atoms with van der Waals surface area (Å²) in [6.45, 7) is 2.22. The van der Waals surface area contributed by atoms with Crippen LogP contribution < -0.4 is 5.32 Å². The maximum Gasteiger partial charge on any atom is 0.268 e. The monoisotopic (exact) mass is 348 g/mol. The van der Waals surface area contributed by atoms with Gasteiger partial charge in [0, 0.05) is 36.6 Å². The largest absolute Gasteiger partial charge is 0.354 e. The molecule has 132 valence electrons. The molecule has 3 aromatic rings. The molecule has 0 fully saturated rings. The zero-order valence-electron chi connectivity index (χ0n) is 14.6. The van der Waals surface area contributed by atoms with Crippen LogP contribution in [0.2, 0.25) is 0 Å². The van der Waals surface area contributed by atoms with E-state index < -0.39 is 0 Å². The molecule has 0 saturated heterocycles. The highest BCUT2D eigenvalue weighted by Crippen LogP contribution is 2.26. The summed E-state index contributed by atoms with van der Waals surface area (Å²) in [4.78, 5) is 28.0. The molecule has 0 spiro atoms. The van der Waals surface area contributed by atoms with Gasteiger partial charge in [0.1, 0.15) is 5.69 Å². The van der Waals surface area contributed by atoms with Crippen LogP contribution in [-0.2, 0) is 13.0 Å². The van der Waals surface area contributed by atoms with Crippen LogP contribution in [0.4, 0.5) is 0 Å². The minimum absolute atomic E-state index is 0.128. The first kappa shape index (κ1) is 16.3. The highest BCUT2D eigenvalue weighted by molar-refractivity contribution is 6.04. The van der Waals surface area contributed by atoms with E-state index >= 15 is 0 Å². The standard InChI is InChI=1S/C20H20N4O2/c1-13-18-15(7-4-9-17(18)25)23-19(13)20(26)21-12-14-6-2-3-8-16(14)24-11-5-10-22-24/h2-3,5-6,8,10-11,23H,4,7,9,12H2,1H3,(H,21,26). The van der Waals surface area contributed by atoms with E-state index in [9.17, 15) is 9.59 Å². The van der Waals surface area contributed by atoms with Crippen LogP contribution in [0.3, 0.4) is 0 Å². The summed E-state index contributed by atoms with van der Waals surface area (Å²) in [6, 6.07) is 9.67. The van der Waals surface area contributed by atoms with Gasteiger partial charge in [-0.2, -0.15) is 5.10 Å². The fourth-order valence-electron chi connectivity index (χ4n) is 3.56. The lowest BCUT2D eigenvalue weighted by atomic mass is 9.94. The number of para-hydroxylation sites is 1. The first-order chi connectivity index (χ1) is 12.6. The SMILES string of the molecule is Cc1c(C(=O)NCc2ccccc2-n2cccn2)[nH]c2c1C(=O)CCC2. The molecule has 6 heteroatoms. The number of carbonyl (C=O) groups is 2. The van der Waals surface area contributed by atoms with Gasteiger partial charge in [0.15, 0.2) is 5.78 Å². The Morgan fingerprint density at radius 3 is 2.88 bits per heavy atom. The van der Waals surface area contributed by atoms with Crippen molar-refractivity contribution in [2.75, 3.05) is 0 Å². The molecule has 1 aliphatic carbocycles. The summed E-state index contributed by atoms with van der Waals surface area (Å²) >= 11 is 0. The number of ketones is 1. The van der Waals surface area contributed by atoms with Crippen molar-refractivity contribution < 1.29 is 9.59 Å². The number of Topliss-reactive ketones (excluding diaryl/α,β-unsaturated/α-hetero) is 1. The highest BCUT2D eigenvalue weighted by Gasteiger charge is 2.26. The molecule has 26 heavy (non-hydrogen) atoms. The van der Waals surface area contributed by atoms with E-state index in [2.05, 4.69) is 15.4 Å². The van der Waals surface area contributed by atoms with Gasteiger partial charge >= 0.3 is 0 Å². The quantitative estimate of drug-likeness (QED) is 0.761. The van der Waals surface area contributed by atoms with Crippen molar-refractivity contribution in [3.8, 4) is 5.69 Å². The Bertz CT molecular complexity index is 970. The number of hydrogen-bond acceptors (Lipinski definition) is 3. The van der Waals surface area contributed by atoms with Crippen LogP contribution in [0.25, 0.3) is 5.69 Å². The molecule has 1 amide bonds. The van der Waals surface area contributed by atoms with Gasteiger partial charge in [-0.1, -0.05) is 18.2 Å². The van der Waals surface area contributed by atoms with Crippen LogP contribution in [0, 0.1) is 6.92 Å². The summed E-state index contributed by atoms with van der Waals surface area (Å²) in [7, 11) is 0. The lowest BCUT2D eigenvalue weighted by Crippen LogP contribution is -2.24. The molecule has 0 saturated carbocycles. The minimum Gasteiger partial charge on any atom is -0.354 e. The van der Waals surface area contributed by atoms with Crippen molar-refractivity contribution in [2.45, 2.75) is 32.7 Å². The molecule has 1 aromatic carbocycles. The summed E-state index contributed by atoms with van der Waals surface area (Å²) in [5.41, 5.74) is 4.73. The topological polar surface area (TPSA) is 79.8 Å². The van der Waals surface area contributed by atoms with Gasteiger partial charge in [-0.05, 0) is 43.0 Å². The van der Waals surface area contributed by atoms with Gasteiger partial charge in [0.2, 0.25) is 0 Å². The third-order valence-corrected chi connectivity index (χ3v) is 4.85. The Hall–Kier alpha value is -3.15. The van der Waals surface area contributed by atoms with Crippen molar-refractivity contribution in [1.29, 1.82) is 0 Å². The molecule has 2 heterocycles. The Labute approximate surface area is 151 Å². The molecule has 0 radical (unpaired) electrons. The predicted molar refractivity (Wildman–Crippen MR) is 97.5 cm³/mol. The van der Waals surface area contributed by atoms with Gasteiger partial charge < -0.3 is 10.3 Å². The first-order valence-electron chi connectivity index (χ1n) is 8.76. The Morgan fingerprint density at radius 1 is 1.27 bits per heavy atom. The van der Waals surface area contributed by atoms with Crippen LogP contribution in [0.1, 0.15) is 50.5 Å². The normalized spacial score (nSPS) is 13.5. The predicted octanol–water partition coefficient (Wildman–Crippen LogP) is 2.96. The number of aryl methyl sites for hydroxylation is 1. The van der Waals surface area contributed by atoms with E-state index in [1.807, 2.05) is 43.5 Å². The number of aromatic amines is 1. The molecule has 6 nitrogen and oxygen atoms in total. The molecule has 0 atom stereocenters. The van der Waals surface area contributed by atoms with E-state index in [0.717, 1.165) is 35.3 Å². The van der Waals surface area contributed by atoms with Crippen molar-refractivity contribution in [2.24, 2.45) is 0 Å². The second-order valence-electron chi connectivity index (χ2n) is 6.52. The lowest BCUT2D eigenvalue weighted by Gasteiger charge is -2.11. The maximum absolute atomic E-state index is 12.7. The minimum atomic E-state index is -0.194. The molecule has 2 N–H and O–H groups in total. The summed E-state index contributed by atoms with van der Waals surface area (Å²) < 4.78 is 1.78. The average Bonchev–Trinajstić information content (AvgIpc) is 3.29. The molecule has 0 bridgehead atoms. The molecule has 0 unspecified atom stereocenters. The van der Waals surface area contributed by atoms with Crippen LogP contribution >= 0.6 is 0 Å². The molecular weight excluding hydrogens is 328 g/mol. The number of fused-ring (bicyclic) bond motifs is 1. The molecular formula is C20H20N4O2. The van der Waals surface area contributed by atoms with Crippen molar-refractivity contribution >= 4 is 11.7 Å². The van der Waals surface area contributed by atoms with Crippen molar-refractivity contribution in [3.63, 3.8) is 0 Å². The zero-order valence-corrected chi connectivity index (χ0v) is 14.6. The van der Waals surface area contributed by atoms with Gasteiger partial charge in [-0.3, -0.25) is 9.59 Å². The molecule has 4 rings (SSSR count).